The number of urea groups is 1. The number of aromatic nitrogens is 3. The van der Waals surface area contributed by atoms with Gasteiger partial charge >= 0.3 is 24.1 Å². The Balaban J connectivity index is 2.26. The van der Waals surface area contributed by atoms with E-state index in [0.717, 1.165) is 17.8 Å². The van der Waals surface area contributed by atoms with Crippen LogP contribution in [0.25, 0.3) is 21.7 Å². The summed E-state index contributed by atoms with van der Waals surface area (Å²) in [4.78, 5) is 47.3. The fraction of sp³-hybridized carbons (Fsp3) is 0.238. The monoisotopic (exact) mass is 509 g/mol. The summed E-state index contributed by atoms with van der Waals surface area (Å²) in [6.45, 7) is 3.54. The lowest BCUT2D eigenvalue weighted by Gasteiger charge is -2.17. The molecule has 10 nitrogen and oxygen atoms in total. The summed E-state index contributed by atoms with van der Waals surface area (Å²) in [6.07, 6.45) is -0.828. The van der Waals surface area contributed by atoms with Crippen LogP contribution in [0.1, 0.15) is 46.7 Å². The smallest absolute Gasteiger partial charge is 0.434 e. The van der Waals surface area contributed by atoms with Gasteiger partial charge in [-0.15, -0.1) is 11.3 Å². The number of nitrogens with zero attached hydrogens (tertiary/aromatic N) is 3. The number of carboxylic acids is 2. The third kappa shape index (κ3) is 5.71. The van der Waals surface area contributed by atoms with Gasteiger partial charge in [-0.05, 0) is 19.4 Å². The van der Waals surface area contributed by atoms with Gasteiger partial charge in [-0.1, -0.05) is 6.92 Å². The van der Waals surface area contributed by atoms with E-state index >= 15 is 0 Å². The highest BCUT2D eigenvalue weighted by molar-refractivity contribution is 7.13. The predicted octanol–water partition coefficient (Wildman–Crippen LogP) is 4.60. The lowest BCUT2D eigenvalue weighted by molar-refractivity contribution is -0.140. The average molecular weight is 509 g/mol. The van der Waals surface area contributed by atoms with Crippen molar-refractivity contribution in [1.29, 1.82) is 0 Å². The van der Waals surface area contributed by atoms with E-state index in [0.29, 0.717) is 17.8 Å². The second-order valence-electron chi connectivity index (χ2n) is 7.29. The van der Waals surface area contributed by atoms with Crippen LogP contribution in [0.5, 0.6) is 0 Å². The van der Waals surface area contributed by atoms with Gasteiger partial charge in [0.1, 0.15) is 16.4 Å². The molecule has 3 aromatic heterocycles. The van der Waals surface area contributed by atoms with E-state index in [4.69, 9.17) is 0 Å². The van der Waals surface area contributed by atoms with Crippen LogP contribution in [0, 0.1) is 0 Å². The van der Waals surface area contributed by atoms with Crippen molar-refractivity contribution in [2.24, 2.45) is 0 Å². The van der Waals surface area contributed by atoms with E-state index in [9.17, 15) is 37.8 Å². The number of amides is 2. The summed E-state index contributed by atoms with van der Waals surface area (Å²) in [7, 11) is 0. The van der Waals surface area contributed by atoms with Gasteiger partial charge in [0.2, 0.25) is 0 Å². The van der Waals surface area contributed by atoms with Crippen molar-refractivity contribution in [3.05, 3.63) is 46.9 Å². The first-order valence-corrected chi connectivity index (χ1v) is 10.9. The first-order valence-electron chi connectivity index (χ1n) is 9.98. The van der Waals surface area contributed by atoms with Gasteiger partial charge in [-0.25, -0.2) is 24.4 Å². The molecule has 1 atom stereocenters. The van der Waals surface area contributed by atoms with Gasteiger partial charge in [0.05, 0.1) is 5.56 Å². The normalized spacial score (nSPS) is 12.1. The maximum atomic E-state index is 13.2. The number of alkyl halides is 3. The minimum absolute atomic E-state index is 0.0334. The number of hydrogen-bond donors (Lipinski definition) is 4. The summed E-state index contributed by atoms with van der Waals surface area (Å²) in [5.74, 6) is -3.34. The lowest BCUT2D eigenvalue weighted by atomic mass is 9.97. The third-order valence-electron chi connectivity index (χ3n) is 4.82. The highest BCUT2D eigenvalue weighted by atomic mass is 32.1. The minimum atomic E-state index is -4.78. The molecule has 0 aliphatic heterocycles. The number of carbonyl (C=O) groups is 3. The number of thiazole rings is 1. The molecule has 0 bridgehead atoms. The van der Waals surface area contributed by atoms with Gasteiger partial charge in [0, 0.05) is 46.7 Å². The molecular formula is C21H18F3N5O5S. The van der Waals surface area contributed by atoms with Crippen LogP contribution in [-0.4, -0.2) is 49.2 Å². The minimum Gasteiger partial charge on any atom is -0.478 e. The predicted molar refractivity (Wildman–Crippen MR) is 119 cm³/mol. The zero-order valence-corrected chi connectivity index (χ0v) is 19.0. The number of pyridine rings is 2. The van der Waals surface area contributed by atoms with Crippen molar-refractivity contribution >= 4 is 35.1 Å². The fourth-order valence-electron chi connectivity index (χ4n) is 2.95. The summed E-state index contributed by atoms with van der Waals surface area (Å²) < 4.78 is 39.7. The van der Waals surface area contributed by atoms with Crippen LogP contribution in [0.4, 0.5) is 23.8 Å². The summed E-state index contributed by atoms with van der Waals surface area (Å²) in [5, 5.41) is 24.5. The van der Waals surface area contributed by atoms with Crippen LogP contribution in [0.2, 0.25) is 0 Å². The molecule has 0 saturated heterocycles. The van der Waals surface area contributed by atoms with Crippen molar-refractivity contribution in [2.75, 3.05) is 5.32 Å². The van der Waals surface area contributed by atoms with E-state index in [1.165, 1.54) is 12.3 Å². The largest absolute Gasteiger partial charge is 0.478 e. The van der Waals surface area contributed by atoms with Gasteiger partial charge in [0.25, 0.3) is 0 Å². The van der Waals surface area contributed by atoms with Gasteiger partial charge < -0.3 is 15.5 Å². The van der Waals surface area contributed by atoms with E-state index in [1.807, 2.05) is 6.92 Å². The molecule has 3 aromatic rings. The summed E-state index contributed by atoms with van der Waals surface area (Å²) in [6, 6.07) is 0.153. The number of halogens is 3. The first kappa shape index (κ1) is 25.6. The lowest BCUT2D eigenvalue weighted by Crippen LogP contribution is -2.36. The summed E-state index contributed by atoms with van der Waals surface area (Å²) >= 11 is 0.535. The molecule has 0 saturated carbocycles. The number of aromatic carboxylic acids is 2. The Hall–Kier alpha value is -4.07. The van der Waals surface area contributed by atoms with Gasteiger partial charge in [-0.2, -0.15) is 13.2 Å². The zero-order chi connectivity index (χ0) is 25.9. The Bertz CT molecular complexity index is 1290. The van der Waals surface area contributed by atoms with Crippen molar-refractivity contribution in [3.8, 4) is 21.7 Å². The third-order valence-corrected chi connectivity index (χ3v) is 5.68. The number of hydrogen-bond acceptors (Lipinski definition) is 7. The Morgan fingerprint density at radius 3 is 2.43 bits per heavy atom. The molecule has 14 heteroatoms. The van der Waals surface area contributed by atoms with Crippen molar-refractivity contribution in [3.63, 3.8) is 0 Å². The van der Waals surface area contributed by atoms with E-state index in [1.54, 1.807) is 6.92 Å². The molecule has 0 aliphatic carbocycles. The maximum absolute atomic E-state index is 13.2. The second-order valence-corrected chi connectivity index (χ2v) is 8.14. The van der Waals surface area contributed by atoms with Crippen LogP contribution in [-0.2, 0) is 6.18 Å². The molecule has 0 radical (unpaired) electrons. The molecule has 2 amide bonds. The fourth-order valence-corrected chi connectivity index (χ4v) is 3.84. The van der Waals surface area contributed by atoms with Crippen molar-refractivity contribution in [2.45, 2.75) is 32.5 Å². The number of carbonyl (C=O) groups excluding carboxylic acids is 1. The molecule has 0 spiro atoms. The summed E-state index contributed by atoms with van der Waals surface area (Å²) in [5.41, 5.74) is -2.33. The zero-order valence-electron chi connectivity index (χ0n) is 18.2. The Morgan fingerprint density at radius 1 is 1.14 bits per heavy atom. The topological polar surface area (TPSA) is 154 Å². The molecule has 184 valence electrons. The number of anilines is 1. The highest BCUT2D eigenvalue weighted by Gasteiger charge is 2.35. The number of rotatable bonds is 7. The van der Waals surface area contributed by atoms with Crippen LogP contribution >= 0.6 is 11.3 Å². The molecule has 35 heavy (non-hydrogen) atoms. The number of carboxylic acid groups (broad SMARTS) is 2. The second kappa shape index (κ2) is 10.0. The Kier molecular flexibility index (Phi) is 7.34. The first-order chi connectivity index (χ1) is 16.4. The average Bonchev–Trinajstić information content (AvgIpc) is 3.29. The Morgan fingerprint density at radius 2 is 1.86 bits per heavy atom. The standard InChI is InChI=1S/C21H18F3N5O5S/c1-3-9(2)27-20(34)29-16-15(19(32)33)14(17-28-13(8-35-17)21(22,23)24)12(7-26-16)10-4-11(18(30)31)6-25-5-10/h4-9H,3H2,1-2H3,(H,30,31)(H,32,33)(H2,26,27,29,34). The van der Waals surface area contributed by atoms with Gasteiger partial charge in [0.15, 0.2) is 5.69 Å². The van der Waals surface area contributed by atoms with E-state index in [2.05, 4.69) is 25.6 Å². The van der Waals surface area contributed by atoms with Gasteiger partial charge in [-0.3, -0.25) is 10.3 Å². The van der Waals surface area contributed by atoms with Crippen LogP contribution in [0.3, 0.4) is 0 Å². The molecule has 0 fully saturated rings. The van der Waals surface area contributed by atoms with E-state index in [-0.39, 0.29) is 33.3 Å². The maximum Gasteiger partial charge on any atom is 0.434 e. The SMILES string of the molecule is CCC(C)NC(=O)Nc1ncc(-c2cncc(C(=O)O)c2)c(-c2nc(C(F)(F)F)cs2)c1C(=O)O. The molecular weight excluding hydrogens is 491 g/mol. The molecule has 0 aromatic carbocycles. The van der Waals surface area contributed by atoms with Crippen molar-refractivity contribution < 1.29 is 37.8 Å². The van der Waals surface area contributed by atoms with E-state index < -0.39 is 41.2 Å². The number of nitrogens with one attached hydrogen (secondary N) is 2. The van der Waals surface area contributed by atoms with Crippen LogP contribution in [0.15, 0.2) is 30.0 Å². The molecule has 3 rings (SSSR count). The Labute approximate surface area is 199 Å². The molecule has 3 heterocycles. The molecule has 0 aliphatic rings. The molecule has 4 N–H and O–H groups in total. The van der Waals surface area contributed by atoms with Crippen molar-refractivity contribution in [1.82, 2.24) is 20.3 Å². The molecule has 1 unspecified atom stereocenters. The quantitative estimate of drug-likeness (QED) is 0.360. The highest BCUT2D eigenvalue weighted by Crippen LogP contribution is 2.41. The van der Waals surface area contributed by atoms with Crippen LogP contribution < -0.4 is 10.6 Å².